The van der Waals surface area contributed by atoms with Crippen molar-refractivity contribution in [2.45, 2.75) is 58.5 Å². The Bertz CT molecular complexity index is 253. The first kappa shape index (κ1) is 15.4. The fourth-order valence-corrected chi connectivity index (χ4v) is 2.67. The molecule has 0 bridgehead atoms. The number of carbonyl (C=O) groups is 1. The van der Waals surface area contributed by atoms with E-state index in [0.717, 1.165) is 38.9 Å². The van der Waals surface area contributed by atoms with E-state index in [9.17, 15) is 4.79 Å². The van der Waals surface area contributed by atoms with Crippen LogP contribution in [0.2, 0.25) is 0 Å². The Kier molecular flexibility index (Phi) is 6.65. The first-order valence-electron chi connectivity index (χ1n) is 7.36. The van der Waals surface area contributed by atoms with Gasteiger partial charge in [0.25, 0.3) is 0 Å². The summed E-state index contributed by atoms with van der Waals surface area (Å²) in [5, 5.41) is 3.13. The summed E-state index contributed by atoms with van der Waals surface area (Å²) in [6, 6.07) is 0.316. The highest BCUT2D eigenvalue weighted by molar-refractivity contribution is 5.81. The Morgan fingerprint density at radius 2 is 2.11 bits per heavy atom. The van der Waals surface area contributed by atoms with Gasteiger partial charge in [0.1, 0.15) is 0 Å². The standard InChI is InChI=1S/C14H29N3O/c1-4-13(5-2)16-14(18)11(3)17-9-7-12(10-17)6-8-15/h11-13H,4-10,15H2,1-3H3,(H,16,18). The van der Waals surface area contributed by atoms with Crippen LogP contribution in [-0.2, 0) is 4.79 Å². The van der Waals surface area contributed by atoms with Crippen LogP contribution in [0.25, 0.3) is 0 Å². The Morgan fingerprint density at radius 1 is 1.44 bits per heavy atom. The van der Waals surface area contributed by atoms with E-state index in [1.807, 2.05) is 6.92 Å². The molecule has 1 saturated heterocycles. The lowest BCUT2D eigenvalue weighted by Gasteiger charge is -2.25. The molecule has 1 aliphatic rings. The summed E-state index contributed by atoms with van der Waals surface area (Å²) in [6.07, 6.45) is 4.27. The summed E-state index contributed by atoms with van der Waals surface area (Å²) in [5.41, 5.74) is 5.59. The smallest absolute Gasteiger partial charge is 0.237 e. The van der Waals surface area contributed by atoms with E-state index < -0.39 is 0 Å². The van der Waals surface area contributed by atoms with E-state index in [1.165, 1.54) is 6.42 Å². The lowest BCUT2D eigenvalue weighted by atomic mass is 10.1. The SMILES string of the molecule is CCC(CC)NC(=O)C(C)N1CCC(CCN)C1. The van der Waals surface area contributed by atoms with Gasteiger partial charge in [0.15, 0.2) is 0 Å². The number of likely N-dealkylation sites (tertiary alicyclic amines) is 1. The minimum absolute atomic E-state index is 0.00613. The second-order valence-electron chi connectivity index (χ2n) is 5.42. The minimum Gasteiger partial charge on any atom is -0.352 e. The molecule has 0 aromatic heterocycles. The summed E-state index contributed by atoms with van der Waals surface area (Å²) in [6.45, 7) is 9.06. The van der Waals surface area contributed by atoms with Crippen LogP contribution in [0.5, 0.6) is 0 Å². The van der Waals surface area contributed by atoms with Gasteiger partial charge in [-0.05, 0) is 51.6 Å². The Labute approximate surface area is 111 Å². The third kappa shape index (κ3) is 4.25. The molecule has 3 N–H and O–H groups in total. The van der Waals surface area contributed by atoms with Crippen molar-refractivity contribution in [3.8, 4) is 0 Å². The summed E-state index contributed by atoms with van der Waals surface area (Å²) in [5.74, 6) is 0.857. The molecule has 106 valence electrons. The molecule has 1 aliphatic heterocycles. The van der Waals surface area contributed by atoms with Gasteiger partial charge < -0.3 is 11.1 Å². The van der Waals surface area contributed by atoms with E-state index in [-0.39, 0.29) is 11.9 Å². The third-order valence-electron chi connectivity index (χ3n) is 4.15. The topological polar surface area (TPSA) is 58.4 Å². The fourth-order valence-electron chi connectivity index (χ4n) is 2.67. The van der Waals surface area contributed by atoms with Crippen molar-refractivity contribution < 1.29 is 4.79 Å². The molecule has 2 atom stereocenters. The molecule has 1 heterocycles. The largest absolute Gasteiger partial charge is 0.352 e. The average molecular weight is 255 g/mol. The van der Waals surface area contributed by atoms with Crippen molar-refractivity contribution in [2.24, 2.45) is 11.7 Å². The van der Waals surface area contributed by atoms with Crippen molar-refractivity contribution >= 4 is 5.91 Å². The molecule has 0 aromatic carbocycles. The number of amides is 1. The van der Waals surface area contributed by atoms with Crippen molar-refractivity contribution in [1.29, 1.82) is 0 Å². The van der Waals surface area contributed by atoms with Crippen LogP contribution in [-0.4, -0.2) is 42.5 Å². The second kappa shape index (κ2) is 7.74. The molecule has 4 nitrogen and oxygen atoms in total. The van der Waals surface area contributed by atoms with Crippen LogP contribution in [0.15, 0.2) is 0 Å². The van der Waals surface area contributed by atoms with Crippen LogP contribution < -0.4 is 11.1 Å². The fraction of sp³-hybridized carbons (Fsp3) is 0.929. The highest BCUT2D eigenvalue weighted by atomic mass is 16.2. The predicted octanol–water partition coefficient (Wildman–Crippen LogP) is 1.35. The van der Waals surface area contributed by atoms with Gasteiger partial charge in [0.2, 0.25) is 5.91 Å². The zero-order valence-corrected chi connectivity index (χ0v) is 12.1. The molecule has 0 aromatic rings. The molecule has 0 spiro atoms. The zero-order chi connectivity index (χ0) is 13.5. The van der Waals surface area contributed by atoms with Gasteiger partial charge in [-0.2, -0.15) is 0 Å². The normalized spacial score (nSPS) is 22.4. The minimum atomic E-state index is -0.00613. The maximum atomic E-state index is 12.1. The highest BCUT2D eigenvalue weighted by Crippen LogP contribution is 2.21. The molecule has 18 heavy (non-hydrogen) atoms. The molecular weight excluding hydrogens is 226 g/mol. The molecule has 1 fully saturated rings. The third-order valence-corrected chi connectivity index (χ3v) is 4.15. The summed E-state index contributed by atoms with van der Waals surface area (Å²) in [7, 11) is 0. The first-order valence-corrected chi connectivity index (χ1v) is 7.36. The van der Waals surface area contributed by atoms with Crippen molar-refractivity contribution in [3.63, 3.8) is 0 Å². The van der Waals surface area contributed by atoms with Crippen molar-refractivity contribution in [1.82, 2.24) is 10.2 Å². The van der Waals surface area contributed by atoms with Gasteiger partial charge in [0, 0.05) is 12.6 Å². The second-order valence-corrected chi connectivity index (χ2v) is 5.42. The summed E-state index contributed by atoms with van der Waals surface area (Å²) in [4.78, 5) is 14.4. The lowest BCUT2D eigenvalue weighted by Crippen LogP contribution is -2.47. The van der Waals surface area contributed by atoms with Crippen LogP contribution in [0, 0.1) is 5.92 Å². The first-order chi connectivity index (χ1) is 8.62. The molecule has 4 heteroatoms. The van der Waals surface area contributed by atoms with Crippen LogP contribution in [0.1, 0.15) is 46.5 Å². The molecule has 1 rings (SSSR count). The van der Waals surface area contributed by atoms with Gasteiger partial charge in [-0.25, -0.2) is 0 Å². The van der Waals surface area contributed by atoms with Gasteiger partial charge in [-0.1, -0.05) is 13.8 Å². The highest BCUT2D eigenvalue weighted by Gasteiger charge is 2.29. The number of hydrogen-bond acceptors (Lipinski definition) is 3. The summed E-state index contributed by atoms with van der Waals surface area (Å²) >= 11 is 0. The number of nitrogens with two attached hydrogens (primary N) is 1. The number of rotatable bonds is 7. The number of carbonyl (C=O) groups excluding carboxylic acids is 1. The van der Waals surface area contributed by atoms with Crippen LogP contribution in [0.4, 0.5) is 0 Å². The maximum absolute atomic E-state index is 12.1. The lowest BCUT2D eigenvalue weighted by molar-refractivity contribution is -0.126. The quantitative estimate of drug-likeness (QED) is 0.722. The van der Waals surface area contributed by atoms with Crippen molar-refractivity contribution in [3.05, 3.63) is 0 Å². The van der Waals surface area contributed by atoms with Crippen LogP contribution >= 0.6 is 0 Å². The van der Waals surface area contributed by atoms with Crippen LogP contribution in [0.3, 0.4) is 0 Å². The Morgan fingerprint density at radius 3 is 2.67 bits per heavy atom. The molecule has 0 radical (unpaired) electrons. The van der Waals surface area contributed by atoms with Gasteiger partial charge >= 0.3 is 0 Å². The monoisotopic (exact) mass is 255 g/mol. The molecular formula is C14H29N3O. The molecule has 0 aliphatic carbocycles. The van der Waals surface area contributed by atoms with Gasteiger partial charge in [-0.3, -0.25) is 9.69 Å². The van der Waals surface area contributed by atoms with E-state index in [2.05, 4.69) is 24.1 Å². The Hall–Kier alpha value is -0.610. The van der Waals surface area contributed by atoms with Gasteiger partial charge in [0.05, 0.1) is 6.04 Å². The van der Waals surface area contributed by atoms with E-state index in [1.54, 1.807) is 0 Å². The van der Waals surface area contributed by atoms with Crippen molar-refractivity contribution in [2.75, 3.05) is 19.6 Å². The molecule has 0 saturated carbocycles. The average Bonchev–Trinajstić information content (AvgIpc) is 2.83. The number of nitrogens with one attached hydrogen (secondary N) is 1. The van der Waals surface area contributed by atoms with Gasteiger partial charge in [-0.15, -0.1) is 0 Å². The van der Waals surface area contributed by atoms with E-state index in [4.69, 9.17) is 5.73 Å². The predicted molar refractivity (Wildman–Crippen MR) is 75.3 cm³/mol. The zero-order valence-electron chi connectivity index (χ0n) is 12.1. The Balaban J connectivity index is 2.40. The maximum Gasteiger partial charge on any atom is 0.237 e. The molecule has 2 unspecified atom stereocenters. The number of hydrogen-bond donors (Lipinski definition) is 2. The summed E-state index contributed by atoms with van der Waals surface area (Å²) < 4.78 is 0. The van der Waals surface area contributed by atoms with E-state index in [0.29, 0.717) is 12.0 Å². The van der Waals surface area contributed by atoms with E-state index >= 15 is 0 Å². The number of nitrogens with zero attached hydrogens (tertiary/aromatic N) is 1. The molecule has 1 amide bonds.